The molecule has 1 aliphatic rings. The normalized spacial score (nSPS) is 15.6. The molecule has 5 heteroatoms. The number of hydrogen-bond donors (Lipinski definition) is 0. The molecule has 0 radical (unpaired) electrons. The fourth-order valence-electron chi connectivity index (χ4n) is 1.38. The fraction of sp³-hybridized carbons (Fsp3) is 0.182. The number of rotatable bonds is 2. The van der Waals surface area contributed by atoms with E-state index in [1.54, 1.807) is 18.3 Å². The maximum absolute atomic E-state index is 13.5. The highest BCUT2D eigenvalue weighted by atomic mass is 79.9. The van der Waals surface area contributed by atoms with Crippen molar-refractivity contribution in [1.82, 2.24) is 4.90 Å². The molecule has 0 saturated carbocycles. The first-order valence-electron chi connectivity index (χ1n) is 4.68. The SMILES string of the molecule is O=C1CSC=CN1Cc1ccc(Br)cc1F. The molecular formula is C11H9BrFNOS. The Morgan fingerprint density at radius 1 is 1.50 bits per heavy atom. The number of amides is 1. The van der Waals surface area contributed by atoms with Gasteiger partial charge in [-0.15, -0.1) is 11.8 Å². The van der Waals surface area contributed by atoms with E-state index >= 15 is 0 Å². The minimum atomic E-state index is -0.297. The van der Waals surface area contributed by atoms with Crippen LogP contribution in [0.4, 0.5) is 4.39 Å². The van der Waals surface area contributed by atoms with Crippen molar-refractivity contribution in [3.05, 3.63) is 45.7 Å². The molecule has 0 aliphatic carbocycles. The van der Waals surface area contributed by atoms with Crippen LogP contribution in [-0.4, -0.2) is 16.6 Å². The second-order valence-electron chi connectivity index (χ2n) is 3.35. The third kappa shape index (κ3) is 2.65. The summed E-state index contributed by atoms with van der Waals surface area (Å²) in [6.45, 7) is 0.287. The molecule has 2 rings (SSSR count). The van der Waals surface area contributed by atoms with Gasteiger partial charge in [0.15, 0.2) is 0 Å². The lowest BCUT2D eigenvalue weighted by atomic mass is 10.2. The third-order valence-electron chi connectivity index (χ3n) is 2.22. The van der Waals surface area contributed by atoms with E-state index in [0.29, 0.717) is 15.8 Å². The predicted molar refractivity (Wildman–Crippen MR) is 66.2 cm³/mol. The Kier molecular flexibility index (Phi) is 3.66. The molecule has 1 aromatic rings. The molecule has 0 saturated heterocycles. The fourth-order valence-corrected chi connectivity index (χ4v) is 2.35. The Morgan fingerprint density at radius 3 is 3.00 bits per heavy atom. The Labute approximate surface area is 106 Å². The summed E-state index contributed by atoms with van der Waals surface area (Å²) < 4.78 is 14.2. The van der Waals surface area contributed by atoms with Gasteiger partial charge in [0, 0.05) is 16.2 Å². The largest absolute Gasteiger partial charge is 0.313 e. The van der Waals surface area contributed by atoms with Crippen LogP contribution in [-0.2, 0) is 11.3 Å². The van der Waals surface area contributed by atoms with Gasteiger partial charge in [0.2, 0.25) is 5.91 Å². The first kappa shape index (κ1) is 11.7. The molecule has 0 spiro atoms. The van der Waals surface area contributed by atoms with Crippen molar-refractivity contribution in [3.63, 3.8) is 0 Å². The van der Waals surface area contributed by atoms with E-state index in [9.17, 15) is 9.18 Å². The van der Waals surface area contributed by atoms with Gasteiger partial charge in [-0.25, -0.2) is 4.39 Å². The summed E-state index contributed by atoms with van der Waals surface area (Å²) >= 11 is 4.65. The Hall–Kier alpha value is -0.810. The van der Waals surface area contributed by atoms with Gasteiger partial charge in [0.1, 0.15) is 5.82 Å². The Bertz CT molecular complexity index is 450. The minimum absolute atomic E-state index is 0.00909. The van der Waals surface area contributed by atoms with Crippen LogP contribution in [0.3, 0.4) is 0 Å². The van der Waals surface area contributed by atoms with Crippen molar-refractivity contribution in [2.24, 2.45) is 0 Å². The van der Waals surface area contributed by atoms with E-state index < -0.39 is 0 Å². The molecule has 0 N–H and O–H groups in total. The molecule has 16 heavy (non-hydrogen) atoms. The summed E-state index contributed by atoms with van der Waals surface area (Å²) in [4.78, 5) is 13.0. The van der Waals surface area contributed by atoms with Crippen LogP contribution in [0, 0.1) is 5.82 Å². The number of thioether (sulfide) groups is 1. The zero-order valence-electron chi connectivity index (χ0n) is 8.32. The summed E-state index contributed by atoms with van der Waals surface area (Å²) in [6.07, 6.45) is 1.69. The second-order valence-corrected chi connectivity index (χ2v) is 5.16. The number of carbonyl (C=O) groups excluding carboxylic acids is 1. The van der Waals surface area contributed by atoms with E-state index in [2.05, 4.69) is 15.9 Å². The molecule has 84 valence electrons. The zero-order valence-corrected chi connectivity index (χ0v) is 10.7. The Balaban J connectivity index is 2.17. The number of benzene rings is 1. The average molecular weight is 302 g/mol. The molecule has 0 aromatic heterocycles. The monoisotopic (exact) mass is 301 g/mol. The van der Waals surface area contributed by atoms with Crippen LogP contribution in [0.1, 0.15) is 5.56 Å². The summed E-state index contributed by atoms with van der Waals surface area (Å²) in [5, 5.41) is 1.85. The maximum Gasteiger partial charge on any atom is 0.237 e. The smallest absolute Gasteiger partial charge is 0.237 e. The summed E-state index contributed by atoms with van der Waals surface area (Å²) in [7, 11) is 0. The van der Waals surface area contributed by atoms with E-state index in [-0.39, 0.29) is 18.3 Å². The van der Waals surface area contributed by atoms with Gasteiger partial charge in [-0.05, 0) is 17.5 Å². The molecule has 0 bridgehead atoms. The number of halogens is 2. The highest BCUT2D eigenvalue weighted by Gasteiger charge is 2.16. The van der Waals surface area contributed by atoms with Gasteiger partial charge >= 0.3 is 0 Å². The average Bonchev–Trinajstić information content (AvgIpc) is 2.25. The van der Waals surface area contributed by atoms with Crippen molar-refractivity contribution in [1.29, 1.82) is 0 Å². The molecule has 1 aromatic carbocycles. The molecule has 1 heterocycles. The summed E-state index contributed by atoms with van der Waals surface area (Å²) in [5.41, 5.74) is 0.521. The molecule has 0 fully saturated rings. The van der Waals surface area contributed by atoms with Gasteiger partial charge in [0.25, 0.3) is 0 Å². The molecule has 1 amide bonds. The van der Waals surface area contributed by atoms with Crippen LogP contribution in [0.15, 0.2) is 34.3 Å². The molecule has 2 nitrogen and oxygen atoms in total. The van der Waals surface area contributed by atoms with Crippen molar-refractivity contribution < 1.29 is 9.18 Å². The zero-order chi connectivity index (χ0) is 11.5. The maximum atomic E-state index is 13.5. The van der Waals surface area contributed by atoms with E-state index in [1.807, 2.05) is 5.41 Å². The molecular weight excluding hydrogens is 293 g/mol. The lowest BCUT2D eigenvalue weighted by Gasteiger charge is -2.21. The van der Waals surface area contributed by atoms with Crippen LogP contribution in [0.2, 0.25) is 0 Å². The molecule has 1 aliphatic heterocycles. The lowest BCUT2D eigenvalue weighted by Crippen LogP contribution is -2.29. The highest BCUT2D eigenvalue weighted by Crippen LogP contribution is 2.19. The molecule has 0 unspecified atom stereocenters. The van der Waals surface area contributed by atoms with Gasteiger partial charge in [-0.2, -0.15) is 0 Å². The van der Waals surface area contributed by atoms with Crippen LogP contribution >= 0.6 is 27.7 Å². The molecule has 0 atom stereocenters. The lowest BCUT2D eigenvalue weighted by molar-refractivity contribution is -0.126. The van der Waals surface area contributed by atoms with Gasteiger partial charge in [-0.1, -0.05) is 22.0 Å². The quantitative estimate of drug-likeness (QED) is 0.836. The third-order valence-corrected chi connectivity index (χ3v) is 3.44. The van der Waals surface area contributed by atoms with Crippen molar-refractivity contribution in [2.75, 3.05) is 5.75 Å². The number of hydrogen-bond acceptors (Lipinski definition) is 2. The Morgan fingerprint density at radius 2 is 2.31 bits per heavy atom. The second kappa shape index (κ2) is 5.01. The van der Waals surface area contributed by atoms with Crippen LogP contribution < -0.4 is 0 Å². The van der Waals surface area contributed by atoms with Crippen LogP contribution in [0.25, 0.3) is 0 Å². The highest BCUT2D eigenvalue weighted by molar-refractivity contribution is 9.10. The van der Waals surface area contributed by atoms with Crippen molar-refractivity contribution in [2.45, 2.75) is 6.54 Å². The van der Waals surface area contributed by atoms with Crippen LogP contribution in [0.5, 0.6) is 0 Å². The predicted octanol–water partition coefficient (Wildman–Crippen LogP) is 3.13. The first-order chi connectivity index (χ1) is 7.66. The van der Waals surface area contributed by atoms with Gasteiger partial charge in [0.05, 0.1) is 12.3 Å². The number of carbonyl (C=O) groups is 1. The van der Waals surface area contributed by atoms with E-state index in [4.69, 9.17) is 0 Å². The van der Waals surface area contributed by atoms with Crippen molar-refractivity contribution in [3.8, 4) is 0 Å². The standard InChI is InChI=1S/C11H9BrFNOS/c12-9-2-1-8(10(13)5-9)6-14-3-4-16-7-11(14)15/h1-5H,6-7H2. The van der Waals surface area contributed by atoms with Gasteiger partial charge in [-0.3, -0.25) is 4.79 Å². The summed E-state index contributed by atoms with van der Waals surface area (Å²) in [6, 6.07) is 4.86. The van der Waals surface area contributed by atoms with Crippen molar-refractivity contribution >= 4 is 33.6 Å². The minimum Gasteiger partial charge on any atom is -0.313 e. The van der Waals surface area contributed by atoms with Gasteiger partial charge < -0.3 is 4.90 Å². The first-order valence-corrected chi connectivity index (χ1v) is 6.52. The number of nitrogens with zero attached hydrogens (tertiary/aromatic N) is 1. The van der Waals surface area contributed by atoms with E-state index in [0.717, 1.165) is 0 Å². The topological polar surface area (TPSA) is 20.3 Å². The van der Waals surface area contributed by atoms with E-state index in [1.165, 1.54) is 22.7 Å². The summed E-state index contributed by atoms with van der Waals surface area (Å²) in [5.74, 6) is 0.137.